The molecule has 0 aliphatic carbocycles. The Morgan fingerprint density at radius 3 is 1.00 bits per heavy atom. The summed E-state index contributed by atoms with van der Waals surface area (Å²) in [6, 6.07) is 49.6. The van der Waals surface area contributed by atoms with E-state index in [1.165, 1.54) is 30.3 Å². The van der Waals surface area contributed by atoms with Gasteiger partial charge in [0.15, 0.2) is 0 Å². The zero-order valence-corrected chi connectivity index (χ0v) is 48.7. The van der Waals surface area contributed by atoms with Gasteiger partial charge in [0.05, 0.1) is 62.9 Å². The van der Waals surface area contributed by atoms with Crippen LogP contribution in [0, 0.1) is 47.0 Å². The minimum Gasteiger partial charge on any atom is -0.457 e. The van der Waals surface area contributed by atoms with Crippen molar-refractivity contribution in [2.24, 2.45) is 0 Å². The molecule has 0 aliphatic rings. The van der Waals surface area contributed by atoms with Gasteiger partial charge in [-0.25, -0.2) is 13.2 Å². The van der Waals surface area contributed by atoms with Gasteiger partial charge in [-0.3, -0.25) is 0 Å². The molecule has 9 aromatic rings. The van der Waals surface area contributed by atoms with E-state index < -0.39 is 99.8 Å². The van der Waals surface area contributed by atoms with Crippen molar-refractivity contribution in [1.29, 1.82) is 10.5 Å². The SMILES string of the molecule is Cc1ccc(Oc2ccc(B(O)OB(OB(O)c3ccc(Oc4ccc(C#N)cc4)cc3CO)c3ccc(Cc4ccc(C#N)cc4)cc3CO)c(CO)c2)cc1.OCc1cc(F)ccc1B(O)OB(OB(O)c1ccc(F)cc1CO)c1ccc(F)cc1CO. The molecule has 10 N–H and O–H groups in total. The van der Waals surface area contributed by atoms with Crippen LogP contribution in [0.25, 0.3) is 0 Å². The molecule has 0 aromatic heterocycles. The highest BCUT2D eigenvalue weighted by atomic mass is 19.1. The molecule has 458 valence electrons. The molecular formula is C64H57B6F3N2O16. The van der Waals surface area contributed by atoms with Crippen LogP contribution in [0.15, 0.2) is 182 Å². The predicted octanol–water partition coefficient (Wildman–Crippen LogP) is 2.98. The molecule has 27 heteroatoms. The lowest BCUT2D eigenvalue weighted by molar-refractivity contribution is 0.280. The first kappa shape index (κ1) is 68.1. The number of benzene rings is 9. The third-order valence-electron chi connectivity index (χ3n) is 14.3. The van der Waals surface area contributed by atoms with Crippen molar-refractivity contribution in [1.82, 2.24) is 0 Å². The highest BCUT2D eigenvalue weighted by molar-refractivity contribution is 6.80. The number of nitriles is 2. The van der Waals surface area contributed by atoms with Gasteiger partial charge in [0.25, 0.3) is 0 Å². The second kappa shape index (κ2) is 32.8. The molecule has 0 aliphatic heterocycles. The molecule has 0 saturated heterocycles. The van der Waals surface area contributed by atoms with E-state index in [2.05, 4.69) is 6.07 Å². The van der Waals surface area contributed by atoms with E-state index >= 15 is 0 Å². The maximum atomic E-state index is 13.7. The molecule has 91 heavy (non-hydrogen) atoms. The fourth-order valence-corrected chi connectivity index (χ4v) is 9.56. The van der Waals surface area contributed by atoms with Crippen LogP contribution in [0.4, 0.5) is 13.2 Å². The summed E-state index contributed by atoms with van der Waals surface area (Å²) in [6.45, 7) is -1.30. The minimum atomic E-state index is -1.80. The molecule has 0 saturated carbocycles. The maximum absolute atomic E-state index is 13.7. The lowest BCUT2D eigenvalue weighted by Crippen LogP contribution is -2.53. The van der Waals surface area contributed by atoms with Crippen LogP contribution < -0.4 is 42.3 Å². The third-order valence-corrected chi connectivity index (χ3v) is 14.3. The Kier molecular flexibility index (Phi) is 24.5. The molecule has 0 radical (unpaired) electrons. The number of hydrogen-bond donors (Lipinski definition) is 10. The average Bonchev–Trinajstić information content (AvgIpc) is 1.20. The lowest BCUT2D eigenvalue weighted by atomic mass is 9.65. The Morgan fingerprint density at radius 2 is 0.626 bits per heavy atom. The van der Waals surface area contributed by atoms with Crippen LogP contribution in [-0.4, -0.2) is 93.4 Å². The largest absolute Gasteiger partial charge is 0.478 e. The van der Waals surface area contributed by atoms with Crippen LogP contribution in [0.1, 0.15) is 61.2 Å². The second-order valence-corrected chi connectivity index (χ2v) is 20.5. The first-order valence-corrected chi connectivity index (χ1v) is 28.1. The van der Waals surface area contributed by atoms with E-state index in [1.807, 2.05) is 49.4 Å². The van der Waals surface area contributed by atoms with Crippen molar-refractivity contribution in [3.8, 4) is 35.1 Å². The monoisotopic (exact) mass is 1230 g/mol. The Bertz CT molecular complexity index is 3940. The summed E-state index contributed by atoms with van der Waals surface area (Å²) in [5, 5.41) is 122. The molecule has 0 amide bonds. The number of hydrogen-bond acceptors (Lipinski definition) is 18. The smallest absolute Gasteiger partial charge is 0.457 e. The Balaban J connectivity index is 0.000000267. The number of aryl methyl sites for hydroxylation is 1. The summed E-state index contributed by atoms with van der Waals surface area (Å²) in [5.74, 6) is -0.155. The summed E-state index contributed by atoms with van der Waals surface area (Å²) >= 11 is 0. The summed E-state index contributed by atoms with van der Waals surface area (Å²) in [5.41, 5.74) is 5.63. The van der Waals surface area contributed by atoms with Crippen LogP contribution in [-0.2, 0) is 64.3 Å². The van der Waals surface area contributed by atoms with Gasteiger partial charge in [0, 0.05) is 0 Å². The van der Waals surface area contributed by atoms with Crippen molar-refractivity contribution in [2.45, 2.75) is 53.0 Å². The fourth-order valence-electron chi connectivity index (χ4n) is 9.56. The van der Waals surface area contributed by atoms with Gasteiger partial charge in [0.1, 0.15) is 40.4 Å². The van der Waals surface area contributed by atoms with Crippen LogP contribution >= 0.6 is 0 Å². The second-order valence-electron chi connectivity index (χ2n) is 20.5. The predicted molar refractivity (Wildman–Crippen MR) is 336 cm³/mol. The lowest BCUT2D eigenvalue weighted by Gasteiger charge is -2.23. The van der Waals surface area contributed by atoms with Crippen molar-refractivity contribution in [3.63, 3.8) is 0 Å². The number of rotatable bonds is 26. The summed E-state index contributed by atoms with van der Waals surface area (Å²) in [7, 11) is -10.1. The van der Waals surface area contributed by atoms with Crippen molar-refractivity contribution in [3.05, 3.63) is 261 Å². The summed E-state index contributed by atoms with van der Waals surface area (Å²) in [4.78, 5) is 0. The van der Waals surface area contributed by atoms with Crippen LogP contribution in [0.3, 0.4) is 0 Å². The quantitative estimate of drug-likeness (QED) is 0.0349. The van der Waals surface area contributed by atoms with Gasteiger partial charge < -0.3 is 78.5 Å². The first-order chi connectivity index (χ1) is 44.0. The highest BCUT2D eigenvalue weighted by Crippen LogP contribution is 2.25. The summed E-state index contributed by atoms with van der Waals surface area (Å²) in [6.07, 6.45) is 0.490. The topological polar surface area (TPSA) is 305 Å². The van der Waals surface area contributed by atoms with E-state index in [0.717, 1.165) is 53.1 Å². The van der Waals surface area contributed by atoms with Gasteiger partial charge in [-0.2, -0.15) is 10.5 Å². The Morgan fingerprint density at radius 1 is 0.341 bits per heavy atom. The molecule has 9 aromatic carbocycles. The third kappa shape index (κ3) is 18.2. The number of aliphatic hydroxyl groups is 6. The van der Waals surface area contributed by atoms with E-state index in [1.54, 1.807) is 78.9 Å². The number of halogens is 3. The van der Waals surface area contributed by atoms with Crippen LogP contribution in [0.2, 0.25) is 0 Å². The summed E-state index contributed by atoms with van der Waals surface area (Å²) < 4.78 is 75.9. The Hall–Kier alpha value is -8.82. The molecule has 0 fully saturated rings. The molecule has 18 nitrogen and oxygen atoms in total. The zero-order chi connectivity index (χ0) is 65.1. The number of aliphatic hydroxyl groups excluding tert-OH is 6. The van der Waals surface area contributed by atoms with Gasteiger partial charge in [-0.15, -0.1) is 0 Å². The van der Waals surface area contributed by atoms with Gasteiger partial charge in [0.2, 0.25) is 0 Å². The molecule has 0 atom stereocenters. The number of nitrogens with zero attached hydrogens (tertiary/aromatic N) is 2. The molecule has 0 spiro atoms. The molecule has 0 unspecified atom stereocenters. The van der Waals surface area contributed by atoms with E-state index in [-0.39, 0.29) is 49.6 Å². The van der Waals surface area contributed by atoms with Crippen molar-refractivity contribution >= 4 is 75.5 Å². The Labute approximate surface area is 524 Å². The molecule has 0 bridgehead atoms. The zero-order valence-electron chi connectivity index (χ0n) is 48.7. The van der Waals surface area contributed by atoms with Crippen molar-refractivity contribution in [2.75, 3.05) is 0 Å². The normalized spacial score (nSPS) is 10.8. The van der Waals surface area contributed by atoms with Crippen molar-refractivity contribution < 1.29 is 91.7 Å². The van der Waals surface area contributed by atoms with E-state index in [9.17, 15) is 69.2 Å². The number of ether oxygens (including phenoxy) is 2. The van der Waals surface area contributed by atoms with E-state index in [4.69, 9.17) is 33.0 Å². The average molecular weight is 1230 g/mol. The fraction of sp³-hybridized carbons (Fsp3) is 0.125. The first-order valence-electron chi connectivity index (χ1n) is 28.1. The standard InChI is InChI=1S/C43H37B3N2O9.C21H20B3F3O7/c1-29-2-11-37(12-3-29)54-39-15-18-41(35(22-39)27-50)44(52)56-46(43-17-10-33(21-34(43)26-49)20-30-4-6-31(24-47)7-5-30)57-45(53)42-19-16-40(23-36(42)28-51)55-38-13-8-32(25-48)9-14-38;25-16-1-4-19(13(7-16)10-28)22(31)33-24(21-6-3-18(27)9-15(21)12-30)34-23(32)20-5-2-17(26)8-14(20)11-29/h2-19,21-23,49-53H,20,26-28H2,1H3;1-9,28-32H,10-12H2. The van der Waals surface area contributed by atoms with Crippen LogP contribution in [0.5, 0.6) is 23.0 Å². The highest BCUT2D eigenvalue weighted by Gasteiger charge is 2.38. The molecule has 0 heterocycles. The molecular weight excluding hydrogens is 1170 g/mol. The van der Waals surface area contributed by atoms with Gasteiger partial charge in [-0.1, -0.05) is 78.4 Å². The minimum absolute atomic E-state index is 0.00233. The maximum Gasteiger partial charge on any atom is 0.478 e. The van der Waals surface area contributed by atoms with Gasteiger partial charge >= 0.3 is 42.7 Å². The van der Waals surface area contributed by atoms with E-state index in [0.29, 0.717) is 57.1 Å². The van der Waals surface area contributed by atoms with Gasteiger partial charge in [-0.05, 0) is 200 Å². The molecule has 9 rings (SSSR count).